The maximum absolute atomic E-state index is 9.75. The molecule has 15 heteroatoms. The Bertz CT molecular complexity index is 220. The van der Waals surface area contributed by atoms with E-state index >= 15 is 0 Å². The van der Waals surface area contributed by atoms with Crippen LogP contribution < -0.4 is 0 Å². The first-order valence-corrected chi connectivity index (χ1v) is 4.51. The summed E-state index contributed by atoms with van der Waals surface area (Å²) in [5, 5.41) is 0. The largest absolute Gasteiger partial charge is 0.673 e. The molecule has 0 nitrogen and oxygen atoms in total. The number of hydrogen-bond acceptors (Lipinski definition) is 0. The molecule has 0 radical (unpaired) electrons. The highest BCUT2D eigenvalue weighted by molar-refractivity contribution is 6.50. The van der Waals surface area contributed by atoms with E-state index in [1.807, 2.05) is 0 Å². The lowest BCUT2D eigenvalue weighted by Crippen LogP contribution is -2.02. The summed E-state index contributed by atoms with van der Waals surface area (Å²) < 4.78 is 117. The molecule has 0 N–H and O–H groups in total. The molecule has 1 rings (SSSR count). The fourth-order valence-corrected chi connectivity index (χ4v) is 0.250. The molecule has 122 valence electrons. The molecule has 20 heavy (non-hydrogen) atoms. The molecule has 0 aromatic heterocycles. The number of halogens is 12. The second-order valence-electron chi connectivity index (χ2n) is 2.93. The van der Waals surface area contributed by atoms with E-state index in [1.165, 1.54) is 12.8 Å². The van der Waals surface area contributed by atoms with Crippen molar-refractivity contribution in [3.63, 3.8) is 0 Å². The average molecular weight is 327 g/mol. The van der Waals surface area contributed by atoms with Gasteiger partial charge in [0.1, 0.15) is 0 Å². The molecular formula is C5H6B3F12-3. The molecular weight excluding hydrogens is 320 g/mol. The molecule has 0 aromatic rings. The van der Waals surface area contributed by atoms with Crippen molar-refractivity contribution in [2.75, 3.05) is 0 Å². The van der Waals surface area contributed by atoms with Crippen LogP contribution in [0, 0.1) is 18.3 Å². The highest BCUT2D eigenvalue weighted by Gasteiger charge is 2.21. The fourth-order valence-electron chi connectivity index (χ4n) is 0.250. The average Bonchev–Trinajstić information content (AvgIpc) is 2.74. The van der Waals surface area contributed by atoms with Gasteiger partial charge in [0, 0.05) is 5.92 Å². The molecule has 0 amide bonds. The summed E-state index contributed by atoms with van der Waals surface area (Å²) in [6.07, 6.45) is 7.53. The molecule has 0 aromatic carbocycles. The van der Waals surface area contributed by atoms with Gasteiger partial charge in [-0.1, -0.05) is 0 Å². The van der Waals surface area contributed by atoms with Gasteiger partial charge in [0.15, 0.2) is 0 Å². The van der Waals surface area contributed by atoms with Crippen LogP contribution in [0.4, 0.5) is 51.8 Å². The SMILES string of the molecule is C#CC1CC1.F[B-](F)(F)F.F[B-](F)(F)F.F[B-](F)(F)F. The Labute approximate surface area is 106 Å². The topological polar surface area (TPSA) is 0 Å². The lowest BCUT2D eigenvalue weighted by Gasteiger charge is -1.94. The molecule has 0 saturated heterocycles. The molecule has 0 heterocycles. The van der Waals surface area contributed by atoms with Crippen LogP contribution in [0.3, 0.4) is 0 Å². The quantitative estimate of drug-likeness (QED) is 0.336. The van der Waals surface area contributed by atoms with E-state index in [9.17, 15) is 51.8 Å². The Hall–Kier alpha value is -1.09. The second kappa shape index (κ2) is 9.76. The summed E-state index contributed by atoms with van der Waals surface area (Å²) >= 11 is 0. The smallest absolute Gasteiger partial charge is 0.418 e. The van der Waals surface area contributed by atoms with Gasteiger partial charge < -0.3 is 51.8 Å². The molecule has 0 unspecified atom stereocenters. The molecule has 0 spiro atoms. The summed E-state index contributed by atoms with van der Waals surface area (Å²) in [7, 11) is -18.0. The van der Waals surface area contributed by atoms with E-state index in [2.05, 4.69) is 5.92 Å². The van der Waals surface area contributed by atoms with Crippen LogP contribution in [0.1, 0.15) is 12.8 Å². The van der Waals surface area contributed by atoms with Gasteiger partial charge in [-0.2, -0.15) is 0 Å². The first-order chi connectivity index (χ1) is 8.43. The Kier molecular flexibility index (Phi) is 11.7. The maximum atomic E-state index is 9.75. The Morgan fingerprint density at radius 2 is 0.750 bits per heavy atom. The van der Waals surface area contributed by atoms with Gasteiger partial charge >= 0.3 is 21.8 Å². The van der Waals surface area contributed by atoms with Crippen LogP contribution in [-0.2, 0) is 0 Å². The maximum Gasteiger partial charge on any atom is 0.673 e. The van der Waals surface area contributed by atoms with Gasteiger partial charge in [-0.25, -0.2) is 0 Å². The number of terminal acetylenes is 1. The van der Waals surface area contributed by atoms with Crippen molar-refractivity contribution in [1.82, 2.24) is 0 Å². The zero-order valence-electron chi connectivity index (χ0n) is 9.34. The summed E-state index contributed by atoms with van der Waals surface area (Å²) in [6, 6.07) is 0. The molecule has 1 saturated carbocycles. The van der Waals surface area contributed by atoms with E-state index in [1.54, 1.807) is 0 Å². The van der Waals surface area contributed by atoms with Crippen LogP contribution >= 0.6 is 0 Å². The van der Waals surface area contributed by atoms with Gasteiger partial charge in [-0.15, -0.1) is 12.3 Å². The number of rotatable bonds is 0. The Morgan fingerprint density at radius 1 is 0.600 bits per heavy atom. The van der Waals surface area contributed by atoms with E-state index in [0.717, 1.165) is 0 Å². The van der Waals surface area contributed by atoms with Crippen molar-refractivity contribution < 1.29 is 51.8 Å². The lowest BCUT2D eigenvalue weighted by atomic mass is 10.3. The molecule has 1 aliphatic rings. The minimum atomic E-state index is -6.00. The zero-order valence-corrected chi connectivity index (χ0v) is 9.34. The third-order valence-corrected chi connectivity index (χ3v) is 0.813. The summed E-state index contributed by atoms with van der Waals surface area (Å²) in [5.41, 5.74) is 0. The van der Waals surface area contributed by atoms with E-state index < -0.39 is 21.8 Å². The van der Waals surface area contributed by atoms with Crippen LogP contribution in [-0.4, -0.2) is 21.8 Å². The minimum Gasteiger partial charge on any atom is -0.418 e. The predicted molar refractivity (Wildman–Crippen MR) is 52.1 cm³/mol. The Morgan fingerprint density at radius 3 is 0.750 bits per heavy atom. The van der Waals surface area contributed by atoms with Gasteiger partial charge in [0.25, 0.3) is 0 Å². The van der Waals surface area contributed by atoms with Crippen molar-refractivity contribution in [3.8, 4) is 12.3 Å². The van der Waals surface area contributed by atoms with E-state index in [4.69, 9.17) is 6.42 Å². The van der Waals surface area contributed by atoms with Crippen LogP contribution in [0.5, 0.6) is 0 Å². The molecule has 1 fully saturated rings. The standard InChI is InChI=1S/C5H6.3BF4/c1-2-5-3-4-5;3*2-1(3,4)5/h1,5H,3-4H2;;;/q;3*-1. The first kappa shape index (κ1) is 24.0. The van der Waals surface area contributed by atoms with Crippen molar-refractivity contribution in [3.05, 3.63) is 0 Å². The Balaban J connectivity index is -0.000000193. The molecule has 0 aliphatic heterocycles. The fraction of sp³-hybridized carbons (Fsp3) is 0.600. The van der Waals surface area contributed by atoms with Gasteiger partial charge in [-0.3, -0.25) is 0 Å². The van der Waals surface area contributed by atoms with Crippen LogP contribution in [0.15, 0.2) is 0 Å². The lowest BCUT2D eigenvalue weighted by molar-refractivity contribution is 0.366. The second-order valence-corrected chi connectivity index (χ2v) is 2.93. The van der Waals surface area contributed by atoms with Crippen molar-refractivity contribution in [2.24, 2.45) is 5.92 Å². The van der Waals surface area contributed by atoms with Crippen LogP contribution in [0.25, 0.3) is 0 Å². The van der Waals surface area contributed by atoms with E-state index in [-0.39, 0.29) is 0 Å². The summed E-state index contributed by atoms with van der Waals surface area (Å²) in [5.74, 6) is 3.30. The van der Waals surface area contributed by atoms with Gasteiger partial charge in [0.05, 0.1) is 0 Å². The molecule has 1 aliphatic carbocycles. The van der Waals surface area contributed by atoms with Gasteiger partial charge in [-0.05, 0) is 12.8 Å². The van der Waals surface area contributed by atoms with Crippen molar-refractivity contribution in [1.29, 1.82) is 0 Å². The van der Waals surface area contributed by atoms with Crippen molar-refractivity contribution >= 4 is 21.8 Å². The predicted octanol–water partition coefficient (Wildman–Crippen LogP) is 4.93. The molecule has 0 bridgehead atoms. The number of hydrogen-bond donors (Lipinski definition) is 0. The zero-order chi connectivity index (χ0) is 17.2. The molecule has 0 atom stereocenters. The van der Waals surface area contributed by atoms with Crippen molar-refractivity contribution in [2.45, 2.75) is 12.8 Å². The highest BCUT2D eigenvalue weighted by Crippen LogP contribution is 2.26. The minimum absolute atomic E-state index is 0.662. The summed E-state index contributed by atoms with van der Waals surface area (Å²) in [6.45, 7) is 0. The first-order valence-electron chi connectivity index (χ1n) is 4.51. The normalized spacial score (nSPS) is 14.3. The highest BCUT2D eigenvalue weighted by atomic mass is 19.5. The monoisotopic (exact) mass is 327 g/mol. The summed E-state index contributed by atoms with van der Waals surface area (Å²) in [4.78, 5) is 0. The third-order valence-electron chi connectivity index (χ3n) is 0.813. The van der Waals surface area contributed by atoms with E-state index in [0.29, 0.717) is 5.92 Å². The third kappa shape index (κ3) is 280. The van der Waals surface area contributed by atoms with Gasteiger partial charge in [0.2, 0.25) is 0 Å². The van der Waals surface area contributed by atoms with Crippen LogP contribution in [0.2, 0.25) is 0 Å².